The summed E-state index contributed by atoms with van der Waals surface area (Å²) in [6.45, 7) is 0. The molecule has 2 unspecified atom stereocenters. The largest absolute Gasteiger partial charge is 0.507 e. The van der Waals surface area contributed by atoms with Crippen molar-refractivity contribution in [3.63, 3.8) is 0 Å². The number of H-pyrrole nitrogens is 1. The third kappa shape index (κ3) is 3.44. The van der Waals surface area contributed by atoms with Gasteiger partial charge in [-0.3, -0.25) is 5.10 Å². The van der Waals surface area contributed by atoms with E-state index in [1.165, 1.54) is 25.7 Å². The number of nitrogens with one attached hydrogen (secondary N) is 2. The molecular formula is C20H21N5OS. The highest BCUT2D eigenvalue weighted by Gasteiger charge is 2.34. The summed E-state index contributed by atoms with van der Waals surface area (Å²) in [7, 11) is 0. The van der Waals surface area contributed by atoms with Crippen LogP contribution in [0.3, 0.4) is 0 Å². The lowest BCUT2D eigenvalue weighted by Crippen LogP contribution is -2.39. The van der Waals surface area contributed by atoms with Gasteiger partial charge in [-0.2, -0.15) is 5.10 Å². The van der Waals surface area contributed by atoms with Gasteiger partial charge < -0.3 is 10.4 Å². The Morgan fingerprint density at radius 2 is 1.85 bits per heavy atom. The Bertz CT molecular complexity index is 916. The van der Waals surface area contributed by atoms with E-state index in [0.29, 0.717) is 28.6 Å². The van der Waals surface area contributed by atoms with Gasteiger partial charge in [0.25, 0.3) is 0 Å². The number of thioether (sulfide) groups is 1. The van der Waals surface area contributed by atoms with Gasteiger partial charge in [0, 0.05) is 34.7 Å². The third-order valence-corrected chi connectivity index (χ3v) is 6.64. The molecule has 0 radical (unpaired) electrons. The Morgan fingerprint density at radius 1 is 1.00 bits per heavy atom. The van der Waals surface area contributed by atoms with Crippen LogP contribution in [0.15, 0.2) is 47.8 Å². The monoisotopic (exact) mass is 379 g/mol. The van der Waals surface area contributed by atoms with Crippen LogP contribution in [-0.2, 0) is 0 Å². The molecule has 0 saturated carbocycles. The zero-order valence-corrected chi connectivity index (χ0v) is 15.6. The van der Waals surface area contributed by atoms with Gasteiger partial charge in [-0.05, 0) is 55.5 Å². The van der Waals surface area contributed by atoms with Crippen molar-refractivity contribution in [2.45, 2.75) is 48.0 Å². The number of fused-ring (bicyclic) bond motifs is 2. The lowest BCUT2D eigenvalue weighted by molar-refractivity contribution is 0.414. The molecule has 3 atom stereocenters. The van der Waals surface area contributed by atoms with Crippen molar-refractivity contribution in [2.24, 2.45) is 0 Å². The fraction of sp³-hybridized carbons (Fsp3) is 0.350. The molecule has 3 aromatic rings. The van der Waals surface area contributed by atoms with Crippen molar-refractivity contribution in [1.29, 1.82) is 0 Å². The number of benzene rings is 1. The summed E-state index contributed by atoms with van der Waals surface area (Å²) in [5.41, 5.74) is 3.21. The van der Waals surface area contributed by atoms with Gasteiger partial charge in [0.15, 0.2) is 0 Å². The van der Waals surface area contributed by atoms with Crippen LogP contribution in [0.2, 0.25) is 0 Å². The van der Waals surface area contributed by atoms with Crippen molar-refractivity contribution in [3.8, 4) is 28.1 Å². The highest BCUT2D eigenvalue weighted by atomic mass is 32.2. The molecule has 2 aliphatic heterocycles. The number of aromatic amines is 1. The second kappa shape index (κ2) is 6.98. The van der Waals surface area contributed by atoms with Crippen LogP contribution >= 0.6 is 11.8 Å². The van der Waals surface area contributed by atoms with E-state index in [4.69, 9.17) is 0 Å². The van der Waals surface area contributed by atoms with Crippen LogP contribution in [0.4, 0.5) is 0 Å². The van der Waals surface area contributed by atoms with Crippen LogP contribution in [0.5, 0.6) is 5.75 Å². The zero-order valence-electron chi connectivity index (χ0n) is 14.8. The van der Waals surface area contributed by atoms with E-state index in [1.807, 2.05) is 36.0 Å². The van der Waals surface area contributed by atoms with Crippen molar-refractivity contribution in [2.75, 3.05) is 0 Å². The van der Waals surface area contributed by atoms with E-state index in [0.717, 1.165) is 16.2 Å². The molecule has 1 aromatic carbocycles. The maximum atomic E-state index is 10.4. The number of piperidine rings is 1. The SMILES string of the molecule is Oc1cc(-c2cn[nH]c2)ccc1-c1ccc(SC2CC3CC[C@@H](C2)N3)nn1. The number of hydrogen-bond donors (Lipinski definition) is 3. The molecule has 2 aromatic heterocycles. The molecule has 3 N–H and O–H groups in total. The molecule has 138 valence electrons. The first-order valence-corrected chi connectivity index (χ1v) is 10.2. The number of rotatable bonds is 4. The summed E-state index contributed by atoms with van der Waals surface area (Å²) in [5, 5.41) is 31.2. The van der Waals surface area contributed by atoms with Gasteiger partial charge >= 0.3 is 0 Å². The molecule has 7 heteroatoms. The van der Waals surface area contributed by atoms with Gasteiger partial charge in [0.05, 0.1) is 11.9 Å². The van der Waals surface area contributed by atoms with Crippen molar-refractivity contribution >= 4 is 11.8 Å². The molecule has 2 aliphatic rings. The Kier molecular flexibility index (Phi) is 4.33. The van der Waals surface area contributed by atoms with Gasteiger partial charge in [-0.25, -0.2) is 0 Å². The minimum atomic E-state index is 0.193. The van der Waals surface area contributed by atoms with Crippen LogP contribution in [0.1, 0.15) is 25.7 Å². The molecule has 6 nitrogen and oxygen atoms in total. The standard InChI is InChI=1S/C20H21N5OS/c26-19-7-12(13-10-21-22-11-13)1-4-17(19)18-5-6-20(25-24-18)27-16-8-14-2-3-15(9-16)23-14/h1,4-7,10-11,14-16,23,26H,2-3,8-9H2,(H,21,22)/t14-,15?,16?/m0/s1. The molecule has 2 fully saturated rings. The van der Waals surface area contributed by atoms with E-state index >= 15 is 0 Å². The van der Waals surface area contributed by atoms with Gasteiger partial charge in [-0.1, -0.05) is 6.07 Å². The van der Waals surface area contributed by atoms with E-state index in [2.05, 4.69) is 25.7 Å². The summed E-state index contributed by atoms with van der Waals surface area (Å²) >= 11 is 1.83. The number of hydrogen-bond acceptors (Lipinski definition) is 6. The number of aromatic nitrogens is 4. The van der Waals surface area contributed by atoms with E-state index in [1.54, 1.807) is 18.5 Å². The number of phenolic OH excluding ortho intramolecular Hbond substituents is 1. The Hall–Kier alpha value is -2.38. The Balaban J connectivity index is 1.31. The molecule has 4 heterocycles. The van der Waals surface area contributed by atoms with Gasteiger partial charge in [0.2, 0.25) is 0 Å². The van der Waals surface area contributed by atoms with Crippen LogP contribution in [0.25, 0.3) is 22.4 Å². The molecule has 5 rings (SSSR count). The smallest absolute Gasteiger partial charge is 0.125 e. The first-order chi connectivity index (χ1) is 13.2. The predicted octanol–water partition coefficient (Wildman–Crippen LogP) is 3.61. The highest BCUT2D eigenvalue weighted by Crippen LogP contribution is 2.37. The molecule has 2 bridgehead atoms. The van der Waals surface area contributed by atoms with Gasteiger partial charge in [-0.15, -0.1) is 22.0 Å². The number of aromatic hydroxyl groups is 1. The average Bonchev–Trinajstić information content (AvgIpc) is 3.32. The number of phenols is 1. The van der Waals surface area contributed by atoms with Crippen molar-refractivity contribution < 1.29 is 5.11 Å². The maximum absolute atomic E-state index is 10.4. The normalized spacial score (nSPS) is 24.2. The van der Waals surface area contributed by atoms with E-state index in [-0.39, 0.29) is 5.75 Å². The van der Waals surface area contributed by atoms with Crippen molar-refractivity contribution in [1.82, 2.24) is 25.7 Å². The van der Waals surface area contributed by atoms with Gasteiger partial charge in [0.1, 0.15) is 10.8 Å². The second-order valence-electron chi connectivity index (χ2n) is 7.32. The van der Waals surface area contributed by atoms with Crippen LogP contribution in [0, 0.1) is 0 Å². The fourth-order valence-corrected chi connectivity index (χ4v) is 5.37. The molecule has 0 amide bonds. The summed E-state index contributed by atoms with van der Waals surface area (Å²) in [5.74, 6) is 0.193. The molecule has 0 spiro atoms. The van der Waals surface area contributed by atoms with Crippen molar-refractivity contribution in [3.05, 3.63) is 42.7 Å². The van der Waals surface area contributed by atoms with Crippen LogP contribution < -0.4 is 5.32 Å². The first-order valence-electron chi connectivity index (χ1n) is 9.33. The lowest BCUT2D eigenvalue weighted by atomic mass is 10.0. The average molecular weight is 379 g/mol. The lowest BCUT2D eigenvalue weighted by Gasteiger charge is -2.28. The first kappa shape index (κ1) is 16.8. The maximum Gasteiger partial charge on any atom is 0.125 e. The number of nitrogens with zero attached hydrogens (tertiary/aromatic N) is 3. The summed E-state index contributed by atoms with van der Waals surface area (Å²) in [6.07, 6.45) is 8.56. The molecular weight excluding hydrogens is 358 g/mol. The molecule has 2 saturated heterocycles. The predicted molar refractivity (Wildman–Crippen MR) is 106 cm³/mol. The topological polar surface area (TPSA) is 86.7 Å². The quantitative estimate of drug-likeness (QED) is 0.642. The summed E-state index contributed by atoms with van der Waals surface area (Å²) in [6, 6.07) is 10.9. The Morgan fingerprint density at radius 3 is 2.52 bits per heavy atom. The Labute approximate surface area is 161 Å². The van der Waals surface area contributed by atoms with E-state index in [9.17, 15) is 5.11 Å². The molecule has 27 heavy (non-hydrogen) atoms. The van der Waals surface area contributed by atoms with E-state index < -0.39 is 0 Å². The second-order valence-corrected chi connectivity index (χ2v) is 8.65. The minimum absolute atomic E-state index is 0.193. The third-order valence-electron chi connectivity index (χ3n) is 5.46. The zero-order chi connectivity index (χ0) is 18.2. The molecule has 0 aliphatic carbocycles. The van der Waals surface area contributed by atoms with Crippen LogP contribution in [-0.4, -0.2) is 42.8 Å². The minimum Gasteiger partial charge on any atom is -0.507 e. The summed E-state index contributed by atoms with van der Waals surface area (Å²) in [4.78, 5) is 0. The summed E-state index contributed by atoms with van der Waals surface area (Å²) < 4.78 is 0. The fourth-order valence-electron chi connectivity index (χ4n) is 4.14. The highest BCUT2D eigenvalue weighted by molar-refractivity contribution is 7.99.